The Balaban J connectivity index is 1.53. The lowest BCUT2D eigenvalue weighted by molar-refractivity contribution is -0.116. The number of carbonyl (C=O) groups is 2. The SMILES string of the molecule is CCc1noc(CN(C)C(=O)c2cccc(NC(=O)CCCc3cccs3)c2)n1. The number of nitrogens with zero attached hydrogens (tertiary/aromatic N) is 3. The molecule has 0 atom stereocenters. The summed E-state index contributed by atoms with van der Waals surface area (Å²) < 4.78 is 5.14. The van der Waals surface area contributed by atoms with E-state index < -0.39 is 0 Å². The van der Waals surface area contributed by atoms with Crippen LogP contribution in [0.1, 0.15) is 46.7 Å². The van der Waals surface area contributed by atoms with Gasteiger partial charge in [-0.3, -0.25) is 9.59 Å². The third kappa shape index (κ3) is 5.99. The third-order valence-electron chi connectivity index (χ3n) is 4.35. The molecule has 0 radical (unpaired) electrons. The number of benzene rings is 1. The Hall–Kier alpha value is -3.00. The van der Waals surface area contributed by atoms with Crippen molar-refractivity contribution in [1.29, 1.82) is 0 Å². The summed E-state index contributed by atoms with van der Waals surface area (Å²) in [5, 5.41) is 8.74. The van der Waals surface area contributed by atoms with Crippen molar-refractivity contribution in [3.63, 3.8) is 0 Å². The predicted octanol–water partition coefficient (Wildman–Crippen LogP) is 3.93. The molecule has 0 aliphatic carbocycles. The maximum Gasteiger partial charge on any atom is 0.254 e. The molecule has 0 bridgehead atoms. The fraction of sp³-hybridized carbons (Fsp3) is 0.333. The number of amides is 2. The Morgan fingerprint density at radius 2 is 2.10 bits per heavy atom. The first kappa shape index (κ1) is 20.7. The lowest BCUT2D eigenvalue weighted by Gasteiger charge is -2.15. The maximum atomic E-state index is 12.7. The molecule has 3 aromatic rings. The minimum atomic E-state index is -0.185. The van der Waals surface area contributed by atoms with Crippen molar-refractivity contribution < 1.29 is 14.1 Å². The monoisotopic (exact) mass is 412 g/mol. The van der Waals surface area contributed by atoms with Crippen LogP contribution < -0.4 is 5.32 Å². The van der Waals surface area contributed by atoms with Crippen LogP contribution in [0.2, 0.25) is 0 Å². The highest BCUT2D eigenvalue weighted by molar-refractivity contribution is 7.09. The number of thiophene rings is 1. The molecule has 8 heteroatoms. The zero-order valence-corrected chi connectivity index (χ0v) is 17.4. The Bertz CT molecular complexity index is 953. The Morgan fingerprint density at radius 1 is 1.24 bits per heavy atom. The van der Waals surface area contributed by atoms with Crippen molar-refractivity contribution in [2.75, 3.05) is 12.4 Å². The number of rotatable bonds is 9. The lowest BCUT2D eigenvalue weighted by Crippen LogP contribution is -2.26. The van der Waals surface area contributed by atoms with Crippen LogP contribution in [-0.2, 0) is 24.2 Å². The molecular formula is C21H24N4O3S. The standard InChI is InChI=1S/C21H24N4O3S/c1-3-18-23-20(28-24-18)14-25(2)21(27)15-7-4-8-16(13-15)22-19(26)11-5-9-17-10-6-12-29-17/h4,6-8,10,12-13H,3,5,9,11,14H2,1-2H3,(H,22,26). The van der Waals surface area contributed by atoms with Gasteiger partial charge in [0.15, 0.2) is 5.82 Å². The van der Waals surface area contributed by atoms with Crippen LogP contribution in [0.25, 0.3) is 0 Å². The van der Waals surface area contributed by atoms with Crippen molar-refractivity contribution in [3.05, 3.63) is 63.9 Å². The van der Waals surface area contributed by atoms with Gasteiger partial charge in [0, 0.05) is 36.0 Å². The summed E-state index contributed by atoms with van der Waals surface area (Å²) in [5.74, 6) is 0.769. The average Bonchev–Trinajstić information content (AvgIpc) is 3.39. The van der Waals surface area contributed by atoms with Crippen molar-refractivity contribution in [3.8, 4) is 0 Å². The number of hydrogen-bond donors (Lipinski definition) is 1. The molecule has 0 spiro atoms. The molecule has 0 unspecified atom stereocenters. The Labute approximate surface area is 173 Å². The first-order valence-corrected chi connectivity index (χ1v) is 10.4. The van der Waals surface area contributed by atoms with Crippen molar-refractivity contribution in [2.24, 2.45) is 0 Å². The van der Waals surface area contributed by atoms with Crippen LogP contribution >= 0.6 is 11.3 Å². The van der Waals surface area contributed by atoms with E-state index in [1.807, 2.05) is 18.4 Å². The van der Waals surface area contributed by atoms with Crippen LogP contribution in [0.5, 0.6) is 0 Å². The minimum absolute atomic E-state index is 0.0579. The quantitative estimate of drug-likeness (QED) is 0.575. The van der Waals surface area contributed by atoms with Gasteiger partial charge in [-0.1, -0.05) is 24.2 Å². The summed E-state index contributed by atoms with van der Waals surface area (Å²) in [7, 11) is 1.67. The van der Waals surface area contributed by atoms with Crippen LogP contribution in [-0.4, -0.2) is 33.9 Å². The molecule has 2 aromatic heterocycles. The number of aryl methyl sites for hydroxylation is 2. The average molecular weight is 413 g/mol. The summed E-state index contributed by atoms with van der Waals surface area (Å²) in [6.07, 6.45) is 2.80. The fourth-order valence-electron chi connectivity index (χ4n) is 2.82. The molecule has 7 nitrogen and oxygen atoms in total. The molecule has 152 valence electrons. The van der Waals surface area contributed by atoms with E-state index in [-0.39, 0.29) is 18.4 Å². The third-order valence-corrected chi connectivity index (χ3v) is 5.28. The minimum Gasteiger partial charge on any atom is -0.337 e. The van der Waals surface area contributed by atoms with E-state index >= 15 is 0 Å². The largest absolute Gasteiger partial charge is 0.337 e. The van der Waals surface area contributed by atoms with Gasteiger partial charge in [0.2, 0.25) is 11.8 Å². The summed E-state index contributed by atoms with van der Waals surface area (Å²) in [5.41, 5.74) is 1.09. The second-order valence-electron chi connectivity index (χ2n) is 6.68. The highest BCUT2D eigenvalue weighted by Gasteiger charge is 2.16. The van der Waals surface area contributed by atoms with Gasteiger partial charge in [-0.15, -0.1) is 11.3 Å². The van der Waals surface area contributed by atoms with Crippen molar-refractivity contribution >= 4 is 28.8 Å². The number of hydrogen-bond acceptors (Lipinski definition) is 6. The van der Waals surface area contributed by atoms with Crippen molar-refractivity contribution in [2.45, 2.75) is 39.2 Å². The lowest BCUT2D eigenvalue weighted by atomic mass is 10.1. The van der Waals surface area contributed by atoms with Gasteiger partial charge in [-0.2, -0.15) is 4.98 Å². The first-order chi connectivity index (χ1) is 14.0. The van der Waals surface area contributed by atoms with E-state index in [1.165, 1.54) is 9.78 Å². The maximum absolute atomic E-state index is 12.7. The second-order valence-corrected chi connectivity index (χ2v) is 7.71. The Kier molecular flexibility index (Phi) is 7.13. The van der Waals surface area contributed by atoms with Crippen LogP contribution in [0.4, 0.5) is 5.69 Å². The van der Waals surface area contributed by atoms with Gasteiger partial charge in [-0.05, 0) is 42.5 Å². The molecule has 2 heterocycles. The predicted molar refractivity (Wildman–Crippen MR) is 112 cm³/mol. The van der Waals surface area contributed by atoms with E-state index in [2.05, 4.69) is 21.5 Å². The van der Waals surface area contributed by atoms with Gasteiger partial charge >= 0.3 is 0 Å². The fourth-order valence-corrected chi connectivity index (χ4v) is 3.58. The Morgan fingerprint density at radius 3 is 2.83 bits per heavy atom. The number of carbonyl (C=O) groups excluding carboxylic acids is 2. The van der Waals surface area contributed by atoms with E-state index in [4.69, 9.17) is 4.52 Å². The van der Waals surface area contributed by atoms with Gasteiger partial charge in [-0.25, -0.2) is 0 Å². The number of nitrogens with one attached hydrogen (secondary N) is 1. The van der Waals surface area contributed by atoms with Gasteiger partial charge in [0.1, 0.15) is 0 Å². The number of aromatic nitrogens is 2. The van der Waals surface area contributed by atoms with Crippen LogP contribution in [0.15, 0.2) is 46.3 Å². The van der Waals surface area contributed by atoms with E-state index in [9.17, 15) is 9.59 Å². The molecule has 1 N–H and O–H groups in total. The van der Waals surface area contributed by atoms with Crippen LogP contribution in [0.3, 0.4) is 0 Å². The zero-order valence-electron chi connectivity index (χ0n) is 16.6. The molecule has 0 saturated carbocycles. The molecule has 1 aromatic carbocycles. The van der Waals surface area contributed by atoms with E-state index in [0.717, 1.165) is 12.8 Å². The molecule has 0 saturated heterocycles. The second kappa shape index (κ2) is 9.97. The smallest absolute Gasteiger partial charge is 0.254 e. The highest BCUT2D eigenvalue weighted by atomic mass is 32.1. The van der Waals surface area contributed by atoms with Crippen LogP contribution in [0, 0.1) is 0 Å². The molecule has 0 aliphatic rings. The zero-order chi connectivity index (χ0) is 20.6. The van der Waals surface area contributed by atoms with Crippen molar-refractivity contribution in [1.82, 2.24) is 15.0 Å². The molecule has 2 amide bonds. The normalized spacial score (nSPS) is 10.7. The number of anilines is 1. The first-order valence-electron chi connectivity index (χ1n) is 9.54. The molecule has 0 fully saturated rings. The summed E-state index contributed by atoms with van der Waals surface area (Å²) in [6.45, 7) is 2.16. The van der Waals surface area contributed by atoms with Gasteiger partial charge in [0.05, 0.1) is 6.54 Å². The van der Waals surface area contributed by atoms with E-state index in [1.54, 1.807) is 42.6 Å². The topological polar surface area (TPSA) is 88.3 Å². The molecule has 29 heavy (non-hydrogen) atoms. The molecule has 3 rings (SSSR count). The van der Waals surface area contributed by atoms with E-state index in [0.29, 0.717) is 35.8 Å². The molecular weight excluding hydrogens is 388 g/mol. The highest BCUT2D eigenvalue weighted by Crippen LogP contribution is 2.16. The van der Waals surface area contributed by atoms with Gasteiger partial charge < -0.3 is 14.7 Å². The summed E-state index contributed by atoms with van der Waals surface area (Å²) in [4.78, 5) is 31.9. The summed E-state index contributed by atoms with van der Waals surface area (Å²) >= 11 is 1.70. The molecule has 0 aliphatic heterocycles. The van der Waals surface area contributed by atoms with Gasteiger partial charge in [0.25, 0.3) is 5.91 Å². The summed E-state index contributed by atoms with van der Waals surface area (Å²) in [6, 6.07) is 11.0.